The van der Waals surface area contributed by atoms with Crippen molar-refractivity contribution in [1.82, 2.24) is 9.88 Å². The largest absolute Gasteiger partial charge is 0.397 e. The summed E-state index contributed by atoms with van der Waals surface area (Å²) in [6, 6.07) is 8.00. The zero-order valence-corrected chi connectivity index (χ0v) is 19.8. The van der Waals surface area contributed by atoms with E-state index in [1.807, 2.05) is 36.9 Å². The summed E-state index contributed by atoms with van der Waals surface area (Å²) in [6.07, 6.45) is 0. The lowest BCUT2D eigenvalue weighted by molar-refractivity contribution is 0.0752. The van der Waals surface area contributed by atoms with E-state index in [1.165, 1.54) is 11.3 Å². The second-order valence-corrected chi connectivity index (χ2v) is 9.72. The van der Waals surface area contributed by atoms with Gasteiger partial charge in [0, 0.05) is 42.3 Å². The first-order valence-electron chi connectivity index (χ1n) is 10.4. The van der Waals surface area contributed by atoms with Gasteiger partial charge in [0.25, 0.3) is 5.91 Å². The van der Waals surface area contributed by atoms with Gasteiger partial charge in [0.15, 0.2) is 0 Å². The van der Waals surface area contributed by atoms with Crippen LogP contribution in [0.15, 0.2) is 18.2 Å². The molecule has 9 heteroatoms. The van der Waals surface area contributed by atoms with E-state index in [0.29, 0.717) is 57.5 Å². The van der Waals surface area contributed by atoms with Gasteiger partial charge in [0.2, 0.25) is 0 Å². The van der Waals surface area contributed by atoms with Crippen molar-refractivity contribution in [3.8, 4) is 6.07 Å². The molecule has 32 heavy (non-hydrogen) atoms. The first-order chi connectivity index (χ1) is 15.2. The Hall–Kier alpha value is -3.02. The Bertz CT molecular complexity index is 1250. The standard InChI is InChI=1S/C23H25ClN6OS/c1-12(2)17-15(11-25)21(27)28-22-18(17)19(26)20(32-22)23(31)30-8-6-29(7-9-30)16-10-14(24)5-4-13(16)3/h4-5,10,12H,6-9,26H2,1-3H3,(H2,27,28). The number of anilines is 3. The number of carbonyl (C=O) groups is 1. The van der Waals surface area contributed by atoms with Gasteiger partial charge in [-0.25, -0.2) is 4.98 Å². The third kappa shape index (κ3) is 3.72. The number of nitrogens with two attached hydrogens (primary N) is 2. The number of pyridine rings is 1. The van der Waals surface area contributed by atoms with Gasteiger partial charge in [-0.05, 0) is 36.1 Å². The summed E-state index contributed by atoms with van der Waals surface area (Å²) >= 11 is 7.42. The Morgan fingerprint density at radius 3 is 2.56 bits per heavy atom. The molecule has 0 saturated carbocycles. The van der Waals surface area contributed by atoms with E-state index in [2.05, 4.69) is 22.9 Å². The number of nitriles is 1. The third-order valence-electron chi connectivity index (χ3n) is 5.91. The molecule has 4 N–H and O–H groups in total. The van der Waals surface area contributed by atoms with E-state index < -0.39 is 0 Å². The lowest BCUT2D eigenvalue weighted by atomic mass is 9.95. The highest BCUT2D eigenvalue weighted by atomic mass is 35.5. The molecule has 2 aromatic heterocycles. The van der Waals surface area contributed by atoms with Crippen LogP contribution in [-0.2, 0) is 0 Å². The van der Waals surface area contributed by atoms with Crippen molar-refractivity contribution in [2.45, 2.75) is 26.7 Å². The van der Waals surface area contributed by atoms with Gasteiger partial charge in [0.05, 0.1) is 11.3 Å². The fourth-order valence-electron chi connectivity index (χ4n) is 4.27. The molecule has 0 unspecified atom stereocenters. The van der Waals surface area contributed by atoms with Crippen molar-refractivity contribution in [2.24, 2.45) is 0 Å². The number of halogens is 1. The number of thiophene rings is 1. The SMILES string of the molecule is Cc1ccc(Cl)cc1N1CCN(C(=O)c2sc3nc(N)c(C#N)c(C(C)C)c3c2N)CC1. The van der Waals surface area contributed by atoms with Crippen molar-refractivity contribution < 1.29 is 4.79 Å². The molecule has 1 amide bonds. The van der Waals surface area contributed by atoms with E-state index in [-0.39, 0.29) is 17.6 Å². The normalized spacial score (nSPS) is 14.2. The molecule has 0 bridgehead atoms. The molecule has 7 nitrogen and oxygen atoms in total. The molecular formula is C23H25ClN6OS. The zero-order chi connectivity index (χ0) is 23.2. The minimum atomic E-state index is -0.111. The molecule has 3 aromatic rings. The van der Waals surface area contributed by atoms with Gasteiger partial charge in [-0.15, -0.1) is 11.3 Å². The van der Waals surface area contributed by atoms with Crippen LogP contribution in [0.1, 0.15) is 46.1 Å². The van der Waals surface area contributed by atoms with Crippen LogP contribution >= 0.6 is 22.9 Å². The summed E-state index contributed by atoms with van der Waals surface area (Å²) in [7, 11) is 0. The Labute approximate surface area is 196 Å². The molecule has 0 aliphatic carbocycles. The van der Waals surface area contributed by atoms with Gasteiger partial charge in [0.1, 0.15) is 21.6 Å². The van der Waals surface area contributed by atoms with E-state index >= 15 is 0 Å². The number of benzene rings is 1. The van der Waals surface area contributed by atoms with Crippen LogP contribution < -0.4 is 16.4 Å². The van der Waals surface area contributed by atoms with Crippen LogP contribution in [0.3, 0.4) is 0 Å². The van der Waals surface area contributed by atoms with Gasteiger partial charge in [-0.3, -0.25) is 4.79 Å². The van der Waals surface area contributed by atoms with E-state index in [0.717, 1.165) is 16.8 Å². The zero-order valence-electron chi connectivity index (χ0n) is 18.3. The minimum Gasteiger partial charge on any atom is -0.397 e. The average molecular weight is 469 g/mol. The molecule has 0 atom stereocenters. The Kier molecular flexibility index (Phi) is 5.89. The van der Waals surface area contributed by atoms with Crippen LogP contribution in [0.2, 0.25) is 5.02 Å². The summed E-state index contributed by atoms with van der Waals surface area (Å²) < 4.78 is 0. The number of nitrogens with zero attached hydrogens (tertiary/aromatic N) is 4. The topological polar surface area (TPSA) is 112 Å². The molecule has 0 spiro atoms. The lowest BCUT2D eigenvalue weighted by Gasteiger charge is -2.36. The first-order valence-corrected chi connectivity index (χ1v) is 11.6. The number of rotatable bonds is 3. The van der Waals surface area contributed by atoms with Crippen LogP contribution in [0.5, 0.6) is 0 Å². The maximum absolute atomic E-state index is 13.4. The monoisotopic (exact) mass is 468 g/mol. The molecule has 4 rings (SSSR count). The smallest absolute Gasteiger partial charge is 0.266 e. The molecular weight excluding hydrogens is 444 g/mol. The second kappa shape index (κ2) is 8.49. The van der Waals surface area contributed by atoms with E-state index in [1.54, 1.807) is 0 Å². The first kappa shape index (κ1) is 22.2. The Morgan fingerprint density at radius 2 is 1.94 bits per heavy atom. The molecule has 1 aromatic carbocycles. The highest BCUT2D eigenvalue weighted by Crippen LogP contribution is 2.41. The quantitative estimate of drug-likeness (QED) is 0.589. The van der Waals surface area contributed by atoms with Crippen molar-refractivity contribution in [1.29, 1.82) is 5.26 Å². The van der Waals surface area contributed by atoms with Crippen molar-refractivity contribution in [2.75, 3.05) is 42.5 Å². The number of piperazine rings is 1. The molecule has 0 radical (unpaired) electrons. The van der Waals surface area contributed by atoms with E-state index in [4.69, 9.17) is 23.1 Å². The molecule has 1 aliphatic heterocycles. The number of aryl methyl sites for hydroxylation is 1. The van der Waals surface area contributed by atoms with Crippen LogP contribution in [0.25, 0.3) is 10.2 Å². The Balaban J connectivity index is 1.63. The van der Waals surface area contributed by atoms with Crippen LogP contribution in [-0.4, -0.2) is 42.0 Å². The van der Waals surface area contributed by atoms with Gasteiger partial charge in [-0.2, -0.15) is 5.26 Å². The highest BCUT2D eigenvalue weighted by molar-refractivity contribution is 7.21. The molecule has 1 saturated heterocycles. The molecule has 166 valence electrons. The number of hydrogen-bond donors (Lipinski definition) is 2. The summed E-state index contributed by atoms with van der Waals surface area (Å²) in [5, 5.41) is 11.0. The molecule has 3 heterocycles. The molecule has 1 aliphatic rings. The van der Waals surface area contributed by atoms with Crippen LogP contribution in [0.4, 0.5) is 17.2 Å². The Morgan fingerprint density at radius 1 is 1.25 bits per heavy atom. The van der Waals surface area contributed by atoms with E-state index in [9.17, 15) is 10.1 Å². The average Bonchev–Trinajstić information content (AvgIpc) is 3.09. The van der Waals surface area contributed by atoms with Crippen LogP contribution in [0, 0.1) is 18.3 Å². The highest BCUT2D eigenvalue weighted by Gasteiger charge is 2.29. The maximum atomic E-state index is 13.4. The maximum Gasteiger partial charge on any atom is 0.266 e. The van der Waals surface area contributed by atoms with Crippen molar-refractivity contribution in [3.05, 3.63) is 44.8 Å². The summed E-state index contributed by atoms with van der Waals surface area (Å²) in [6.45, 7) is 8.58. The van der Waals surface area contributed by atoms with Gasteiger partial charge in [-0.1, -0.05) is 31.5 Å². The number of carbonyl (C=O) groups excluding carboxylic acids is 1. The van der Waals surface area contributed by atoms with Crippen molar-refractivity contribution >= 4 is 56.3 Å². The number of amides is 1. The second-order valence-electron chi connectivity index (χ2n) is 8.29. The lowest BCUT2D eigenvalue weighted by Crippen LogP contribution is -2.49. The fourth-order valence-corrected chi connectivity index (χ4v) is 5.52. The van der Waals surface area contributed by atoms with Gasteiger partial charge >= 0.3 is 0 Å². The predicted octanol–water partition coefficient (Wildman–Crippen LogP) is 4.38. The number of hydrogen-bond acceptors (Lipinski definition) is 7. The number of nitrogen functional groups attached to an aromatic ring is 2. The number of fused-ring (bicyclic) bond motifs is 1. The summed E-state index contributed by atoms with van der Waals surface area (Å²) in [5.41, 5.74) is 16.2. The number of aromatic nitrogens is 1. The summed E-state index contributed by atoms with van der Waals surface area (Å²) in [4.78, 5) is 22.9. The van der Waals surface area contributed by atoms with Gasteiger partial charge < -0.3 is 21.3 Å². The van der Waals surface area contributed by atoms with Crippen molar-refractivity contribution in [3.63, 3.8) is 0 Å². The molecule has 1 fully saturated rings. The predicted molar refractivity (Wildman–Crippen MR) is 132 cm³/mol. The fraction of sp³-hybridized carbons (Fsp3) is 0.348. The summed E-state index contributed by atoms with van der Waals surface area (Å²) in [5.74, 6) is 0.0796. The third-order valence-corrected chi connectivity index (χ3v) is 7.23. The minimum absolute atomic E-state index is 0.0155.